The van der Waals surface area contributed by atoms with Gasteiger partial charge in [0.25, 0.3) is 0 Å². The van der Waals surface area contributed by atoms with E-state index in [1.165, 1.54) is 0 Å². The molecular formula is C7H13F3N2O2S. The molecular weight excluding hydrogens is 233 g/mol. The molecule has 0 spiro atoms. The Labute approximate surface area is 86.5 Å². The topological polar surface area (TPSA) is 49.4 Å². The van der Waals surface area contributed by atoms with Crippen LogP contribution in [0.15, 0.2) is 0 Å². The Kier molecular flexibility index (Phi) is 3.96. The van der Waals surface area contributed by atoms with Crippen LogP contribution in [0.4, 0.5) is 13.2 Å². The highest BCUT2D eigenvalue weighted by atomic mass is 32.2. The van der Waals surface area contributed by atoms with Crippen molar-refractivity contribution in [1.29, 1.82) is 0 Å². The molecule has 0 aromatic rings. The molecule has 0 amide bonds. The lowest BCUT2D eigenvalue weighted by Crippen LogP contribution is -2.47. The highest BCUT2D eigenvalue weighted by molar-refractivity contribution is 7.89. The van der Waals surface area contributed by atoms with Gasteiger partial charge in [0.15, 0.2) is 0 Å². The molecule has 0 saturated carbocycles. The van der Waals surface area contributed by atoms with E-state index >= 15 is 0 Å². The number of piperazine rings is 1. The van der Waals surface area contributed by atoms with Gasteiger partial charge in [0.05, 0.1) is 12.2 Å². The lowest BCUT2D eigenvalue weighted by atomic mass is 10.4. The summed E-state index contributed by atoms with van der Waals surface area (Å²) in [6.07, 6.45) is -5.69. The molecule has 0 bridgehead atoms. The number of hydrogen-bond donors (Lipinski definition) is 1. The number of nitrogens with zero attached hydrogens (tertiary/aromatic N) is 1. The van der Waals surface area contributed by atoms with Crippen molar-refractivity contribution >= 4 is 10.0 Å². The number of sulfonamides is 1. The van der Waals surface area contributed by atoms with Crippen LogP contribution >= 0.6 is 0 Å². The highest BCUT2D eigenvalue weighted by Crippen LogP contribution is 2.21. The molecule has 0 aliphatic carbocycles. The molecule has 1 aliphatic rings. The summed E-state index contributed by atoms with van der Waals surface area (Å²) in [5.74, 6) is -0.851. The monoisotopic (exact) mass is 246 g/mol. The number of nitrogens with one attached hydrogen (secondary N) is 1. The summed E-state index contributed by atoms with van der Waals surface area (Å²) < 4.78 is 59.5. The Balaban J connectivity index is 2.51. The third-order valence-electron chi connectivity index (χ3n) is 2.11. The second kappa shape index (κ2) is 4.67. The molecule has 15 heavy (non-hydrogen) atoms. The fourth-order valence-electron chi connectivity index (χ4n) is 1.30. The minimum Gasteiger partial charge on any atom is -0.314 e. The summed E-state index contributed by atoms with van der Waals surface area (Å²) in [5, 5.41) is 2.93. The lowest BCUT2D eigenvalue weighted by Gasteiger charge is -2.26. The van der Waals surface area contributed by atoms with Gasteiger partial charge >= 0.3 is 6.18 Å². The van der Waals surface area contributed by atoms with E-state index in [9.17, 15) is 21.6 Å². The van der Waals surface area contributed by atoms with Crippen LogP contribution in [0.2, 0.25) is 0 Å². The molecule has 0 aromatic heterocycles. The van der Waals surface area contributed by atoms with Crippen molar-refractivity contribution in [3.63, 3.8) is 0 Å². The Morgan fingerprint density at radius 1 is 1.20 bits per heavy atom. The SMILES string of the molecule is O=S(=O)(CCC(F)(F)F)N1CCNCC1. The van der Waals surface area contributed by atoms with Gasteiger partial charge in [-0.1, -0.05) is 0 Å². The molecule has 90 valence electrons. The first-order valence-corrected chi connectivity index (χ1v) is 6.17. The van der Waals surface area contributed by atoms with Crippen LogP contribution in [0.1, 0.15) is 6.42 Å². The van der Waals surface area contributed by atoms with Crippen LogP contribution in [0, 0.1) is 0 Å². The second-order valence-electron chi connectivity index (χ2n) is 3.33. The molecule has 0 aromatic carbocycles. The maximum Gasteiger partial charge on any atom is 0.390 e. The first-order chi connectivity index (χ1) is 6.81. The maximum atomic E-state index is 11.9. The zero-order valence-corrected chi connectivity index (χ0v) is 8.86. The Morgan fingerprint density at radius 2 is 1.73 bits per heavy atom. The van der Waals surface area contributed by atoms with E-state index in [-0.39, 0.29) is 13.1 Å². The van der Waals surface area contributed by atoms with E-state index in [4.69, 9.17) is 0 Å². The zero-order valence-electron chi connectivity index (χ0n) is 8.05. The minimum absolute atomic E-state index is 0.250. The molecule has 8 heteroatoms. The summed E-state index contributed by atoms with van der Waals surface area (Å²) in [6.45, 7) is 1.48. The van der Waals surface area contributed by atoms with Crippen LogP contribution in [-0.4, -0.2) is 50.8 Å². The molecule has 0 atom stereocenters. The van der Waals surface area contributed by atoms with Gasteiger partial charge in [0.1, 0.15) is 0 Å². The largest absolute Gasteiger partial charge is 0.390 e. The third-order valence-corrected chi connectivity index (χ3v) is 3.98. The van der Waals surface area contributed by atoms with Gasteiger partial charge in [-0.25, -0.2) is 8.42 Å². The number of rotatable bonds is 3. The fourth-order valence-corrected chi connectivity index (χ4v) is 2.78. The Morgan fingerprint density at radius 3 is 2.20 bits per heavy atom. The van der Waals surface area contributed by atoms with Gasteiger partial charge in [-0.2, -0.15) is 17.5 Å². The van der Waals surface area contributed by atoms with Crippen LogP contribution in [-0.2, 0) is 10.0 Å². The predicted molar refractivity (Wildman–Crippen MR) is 48.9 cm³/mol. The maximum absolute atomic E-state index is 11.9. The minimum atomic E-state index is -4.42. The zero-order chi connectivity index (χ0) is 11.5. The molecule has 4 nitrogen and oxygen atoms in total. The first kappa shape index (κ1) is 12.7. The number of alkyl halides is 3. The normalized spacial score (nSPS) is 20.5. The quantitative estimate of drug-likeness (QED) is 0.772. The van der Waals surface area contributed by atoms with Gasteiger partial charge in [0, 0.05) is 26.2 Å². The summed E-state index contributed by atoms with van der Waals surface area (Å²) in [6, 6.07) is 0. The molecule has 1 fully saturated rings. The summed E-state index contributed by atoms with van der Waals surface area (Å²) >= 11 is 0. The van der Waals surface area contributed by atoms with E-state index in [0.717, 1.165) is 4.31 Å². The van der Waals surface area contributed by atoms with Gasteiger partial charge in [-0.15, -0.1) is 0 Å². The first-order valence-electron chi connectivity index (χ1n) is 4.56. The molecule has 0 radical (unpaired) electrons. The van der Waals surface area contributed by atoms with E-state index in [1.54, 1.807) is 0 Å². The number of halogens is 3. The second-order valence-corrected chi connectivity index (χ2v) is 5.42. The van der Waals surface area contributed by atoms with Crippen molar-refractivity contribution in [3.8, 4) is 0 Å². The van der Waals surface area contributed by atoms with E-state index in [0.29, 0.717) is 13.1 Å². The molecule has 1 saturated heterocycles. The van der Waals surface area contributed by atoms with E-state index in [2.05, 4.69) is 5.32 Å². The summed E-state index contributed by atoms with van der Waals surface area (Å²) in [7, 11) is -3.74. The van der Waals surface area contributed by atoms with Crippen molar-refractivity contribution in [2.75, 3.05) is 31.9 Å². The standard InChI is InChI=1S/C7H13F3N2O2S/c8-7(9,10)1-6-15(13,14)12-4-2-11-3-5-12/h11H,1-6H2. The van der Waals surface area contributed by atoms with Crippen LogP contribution in [0.3, 0.4) is 0 Å². The highest BCUT2D eigenvalue weighted by Gasteiger charge is 2.32. The summed E-state index contributed by atoms with van der Waals surface area (Å²) in [4.78, 5) is 0. The van der Waals surface area contributed by atoms with Crippen molar-refractivity contribution < 1.29 is 21.6 Å². The van der Waals surface area contributed by atoms with Gasteiger partial charge in [-0.3, -0.25) is 0 Å². The van der Waals surface area contributed by atoms with Crippen molar-refractivity contribution in [3.05, 3.63) is 0 Å². The van der Waals surface area contributed by atoms with Gasteiger partial charge < -0.3 is 5.32 Å². The molecule has 1 N–H and O–H groups in total. The molecule has 1 heterocycles. The predicted octanol–water partition coefficient (Wildman–Crippen LogP) is 0.174. The smallest absolute Gasteiger partial charge is 0.314 e. The summed E-state index contributed by atoms with van der Waals surface area (Å²) in [5.41, 5.74) is 0. The van der Waals surface area contributed by atoms with Crippen molar-refractivity contribution in [2.45, 2.75) is 12.6 Å². The van der Waals surface area contributed by atoms with Crippen molar-refractivity contribution in [1.82, 2.24) is 9.62 Å². The van der Waals surface area contributed by atoms with Crippen LogP contribution in [0.25, 0.3) is 0 Å². The Bertz CT molecular complexity index is 296. The number of hydrogen-bond acceptors (Lipinski definition) is 3. The average Bonchev–Trinajstić information content (AvgIpc) is 2.16. The van der Waals surface area contributed by atoms with E-state index in [1.807, 2.05) is 0 Å². The lowest BCUT2D eigenvalue weighted by molar-refractivity contribution is -0.130. The fraction of sp³-hybridized carbons (Fsp3) is 1.00. The van der Waals surface area contributed by atoms with Crippen LogP contribution in [0.5, 0.6) is 0 Å². The third kappa shape index (κ3) is 4.35. The Hall–Kier alpha value is -0.340. The van der Waals surface area contributed by atoms with Crippen molar-refractivity contribution in [2.24, 2.45) is 0 Å². The van der Waals surface area contributed by atoms with E-state index < -0.39 is 28.4 Å². The average molecular weight is 246 g/mol. The molecule has 1 rings (SSSR count). The molecule has 1 aliphatic heterocycles. The van der Waals surface area contributed by atoms with Gasteiger partial charge in [-0.05, 0) is 0 Å². The van der Waals surface area contributed by atoms with Gasteiger partial charge in [0.2, 0.25) is 10.0 Å². The van der Waals surface area contributed by atoms with Crippen LogP contribution < -0.4 is 5.32 Å². The molecule has 0 unspecified atom stereocenters.